The summed E-state index contributed by atoms with van der Waals surface area (Å²) in [5, 5.41) is 22.2. The first-order valence-corrected chi connectivity index (χ1v) is 11.3. The highest BCUT2D eigenvalue weighted by Gasteiger charge is 2.28. The second-order valence-electron chi connectivity index (χ2n) is 13.0. The Morgan fingerprint density at radius 1 is 0.516 bits per heavy atom. The Labute approximate surface area is 193 Å². The van der Waals surface area contributed by atoms with E-state index in [9.17, 15) is 13.0 Å². The van der Waals surface area contributed by atoms with E-state index in [1.807, 2.05) is 107 Å². The minimum atomic E-state index is -1.82. The fraction of sp³-hybridized carbons (Fsp3) is 0.586. The lowest BCUT2D eigenvalue weighted by molar-refractivity contribution is 0.422. The van der Waals surface area contributed by atoms with Crippen molar-refractivity contribution in [2.24, 2.45) is 0 Å². The fourth-order valence-corrected chi connectivity index (χ4v) is 3.87. The average molecular weight is 427 g/mol. The van der Waals surface area contributed by atoms with Gasteiger partial charge in [-0.3, -0.25) is 0 Å². The second-order valence-corrected chi connectivity index (χ2v) is 13.0. The Balaban J connectivity index is 2.95. The van der Waals surface area contributed by atoms with Crippen molar-refractivity contribution >= 4 is 0 Å². The molecule has 0 spiro atoms. The van der Waals surface area contributed by atoms with Gasteiger partial charge in [-0.1, -0.05) is 107 Å². The van der Waals surface area contributed by atoms with E-state index >= 15 is 0 Å². The van der Waals surface area contributed by atoms with Crippen LogP contribution in [0.2, 0.25) is 0 Å². The van der Waals surface area contributed by atoms with E-state index in [1.54, 1.807) is 0 Å². The van der Waals surface area contributed by atoms with E-state index < -0.39 is 6.37 Å². The van der Waals surface area contributed by atoms with Crippen molar-refractivity contribution in [3.8, 4) is 11.5 Å². The van der Waals surface area contributed by atoms with Crippen LogP contribution < -0.4 is 0 Å². The van der Waals surface area contributed by atoms with Crippen LogP contribution >= 0.6 is 0 Å². The molecule has 0 atom stereocenters. The minimum Gasteiger partial charge on any atom is -0.507 e. The van der Waals surface area contributed by atoms with E-state index in [2.05, 4.69) is 0 Å². The lowest BCUT2D eigenvalue weighted by atomic mass is 9.76. The molecule has 0 aliphatic heterocycles. The van der Waals surface area contributed by atoms with Crippen molar-refractivity contribution < 1.29 is 13.0 Å². The lowest BCUT2D eigenvalue weighted by Gasteiger charge is -2.29. The van der Waals surface area contributed by atoms with Gasteiger partial charge in [-0.2, -0.15) is 0 Å². The Kier molecular flexibility index (Phi) is 5.65. The van der Waals surface area contributed by atoms with E-state index in [0.717, 1.165) is 22.3 Å². The summed E-state index contributed by atoms with van der Waals surface area (Å²) in [7, 11) is 0. The number of hydrogen-bond acceptors (Lipinski definition) is 2. The summed E-state index contributed by atoms with van der Waals surface area (Å²) in [6.45, 7) is 24.4. The summed E-state index contributed by atoms with van der Waals surface area (Å²) in [4.78, 5) is 0. The molecular formula is C29H44O2. The molecule has 0 aliphatic rings. The SMILES string of the molecule is [2H]C([2H])(c1cc(C(C)(C)C)c(O)c(C(C)(C)C)c1)c1cc(C(C)(C)C)c(O)c(C(C)(C)C)c1. The highest BCUT2D eigenvalue weighted by Crippen LogP contribution is 2.42. The smallest absolute Gasteiger partial charge is 0.123 e. The van der Waals surface area contributed by atoms with Crippen LogP contribution in [0.3, 0.4) is 0 Å². The monoisotopic (exact) mass is 426 g/mol. The molecule has 2 heteroatoms. The van der Waals surface area contributed by atoms with Crippen LogP contribution in [0.5, 0.6) is 11.5 Å². The molecule has 0 saturated heterocycles. The minimum absolute atomic E-state index is 0.242. The third-order valence-corrected chi connectivity index (χ3v) is 5.74. The lowest BCUT2D eigenvalue weighted by Crippen LogP contribution is -2.19. The maximum Gasteiger partial charge on any atom is 0.123 e. The highest BCUT2D eigenvalue weighted by molar-refractivity contribution is 5.53. The van der Waals surface area contributed by atoms with Gasteiger partial charge < -0.3 is 10.2 Å². The third-order valence-electron chi connectivity index (χ3n) is 5.74. The Hall–Kier alpha value is -1.96. The molecule has 0 bridgehead atoms. The number of benzene rings is 2. The summed E-state index contributed by atoms with van der Waals surface area (Å²) in [6.07, 6.45) is -1.82. The van der Waals surface area contributed by atoms with Gasteiger partial charge in [0.2, 0.25) is 0 Å². The molecular weight excluding hydrogens is 380 g/mol. The van der Waals surface area contributed by atoms with Gasteiger partial charge in [0.25, 0.3) is 0 Å². The van der Waals surface area contributed by atoms with Crippen molar-refractivity contribution in [2.75, 3.05) is 0 Å². The molecule has 2 rings (SSSR count). The quantitative estimate of drug-likeness (QED) is 0.513. The molecule has 172 valence electrons. The first kappa shape index (κ1) is 22.2. The fourth-order valence-electron chi connectivity index (χ4n) is 3.87. The molecule has 2 nitrogen and oxygen atoms in total. The van der Waals surface area contributed by atoms with Crippen molar-refractivity contribution in [1.82, 2.24) is 0 Å². The van der Waals surface area contributed by atoms with Gasteiger partial charge in [0.15, 0.2) is 0 Å². The van der Waals surface area contributed by atoms with Crippen LogP contribution in [0, 0.1) is 0 Å². The standard InChI is InChI=1S/C29H44O2/c1-26(2,3)20-14-18(15-21(24(20)30)27(4,5)6)13-19-16-22(28(7,8)9)25(31)23(17-19)29(10,11)12/h14-17,30-31H,13H2,1-12H3/i13D2. The normalized spacial score (nSPS) is 15.0. The number of phenolic OH excluding ortho intramolecular Hbond substituents is 2. The van der Waals surface area contributed by atoms with Crippen LogP contribution in [-0.2, 0) is 28.0 Å². The molecule has 0 radical (unpaired) electrons. The number of aromatic hydroxyl groups is 2. The van der Waals surface area contributed by atoms with Gasteiger partial charge in [0.1, 0.15) is 11.5 Å². The van der Waals surface area contributed by atoms with Crippen LogP contribution in [-0.4, -0.2) is 10.2 Å². The molecule has 0 unspecified atom stereocenters. The van der Waals surface area contributed by atoms with Crippen molar-refractivity contribution in [3.05, 3.63) is 57.6 Å². The highest BCUT2D eigenvalue weighted by atomic mass is 16.3. The molecule has 31 heavy (non-hydrogen) atoms. The van der Waals surface area contributed by atoms with E-state index in [0.29, 0.717) is 11.1 Å². The molecule has 0 fully saturated rings. The van der Waals surface area contributed by atoms with Crippen molar-refractivity contribution in [3.63, 3.8) is 0 Å². The van der Waals surface area contributed by atoms with Gasteiger partial charge in [0.05, 0.1) is 0 Å². The van der Waals surface area contributed by atoms with Gasteiger partial charge in [-0.15, -0.1) is 0 Å². The number of rotatable bonds is 2. The van der Waals surface area contributed by atoms with Crippen LogP contribution in [0.25, 0.3) is 0 Å². The van der Waals surface area contributed by atoms with Gasteiger partial charge >= 0.3 is 0 Å². The zero-order chi connectivity index (χ0) is 25.9. The summed E-state index contributed by atoms with van der Waals surface area (Å²) < 4.78 is 18.5. The van der Waals surface area contributed by atoms with E-state index in [-0.39, 0.29) is 33.2 Å². The molecule has 0 aromatic heterocycles. The summed E-state index contributed by atoms with van der Waals surface area (Å²) in [5.41, 5.74) is 2.58. The van der Waals surface area contributed by atoms with Crippen LogP contribution in [0.1, 0.15) is 119 Å². The van der Waals surface area contributed by atoms with Gasteiger partial charge in [-0.05, 0) is 61.4 Å². The summed E-state index contributed by atoms with van der Waals surface area (Å²) in [6, 6.07) is 7.24. The summed E-state index contributed by atoms with van der Waals surface area (Å²) in [5.74, 6) is 0.483. The second kappa shape index (κ2) is 7.87. The Morgan fingerprint density at radius 3 is 0.871 bits per heavy atom. The maximum atomic E-state index is 11.1. The maximum absolute atomic E-state index is 11.1. The summed E-state index contributed by atoms with van der Waals surface area (Å²) >= 11 is 0. The third kappa shape index (κ3) is 5.64. The zero-order valence-corrected chi connectivity index (χ0v) is 21.7. The Morgan fingerprint density at radius 2 is 0.710 bits per heavy atom. The van der Waals surface area contributed by atoms with Crippen molar-refractivity contribution in [1.29, 1.82) is 0 Å². The molecule has 0 heterocycles. The zero-order valence-electron chi connectivity index (χ0n) is 23.7. The molecule has 0 aliphatic carbocycles. The predicted octanol–water partition coefficient (Wildman–Crippen LogP) is 7.88. The Bertz CT molecular complexity index is 884. The topological polar surface area (TPSA) is 40.5 Å². The molecule has 2 aromatic rings. The molecule has 2 aromatic carbocycles. The first-order chi connectivity index (χ1) is 14.5. The van der Waals surface area contributed by atoms with Crippen molar-refractivity contribution in [2.45, 2.75) is 111 Å². The number of phenols is 2. The first-order valence-electron chi connectivity index (χ1n) is 12.3. The molecule has 0 saturated carbocycles. The largest absolute Gasteiger partial charge is 0.507 e. The van der Waals surface area contributed by atoms with E-state index in [1.165, 1.54) is 0 Å². The predicted molar refractivity (Wildman–Crippen MR) is 134 cm³/mol. The molecule has 0 amide bonds. The van der Waals surface area contributed by atoms with Crippen LogP contribution in [0.15, 0.2) is 24.3 Å². The van der Waals surface area contributed by atoms with E-state index in [4.69, 9.17) is 0 Å². The van der Waals surface area contributed by atoms with Crippen LogP contribution in [0.4, 0.5) is 0 Å². The van der Waals surface area contributed by atoms with Gasteiger partial charge in [0, 0.05) is 2.74 Å². The van der Waals surface area contributed by atoms with Gasteiger partial charge in [-0.25, -0.2) is 0 Å². The average Bonchev–Trinajstić information content (AvgIpc) is 2.57. The number of hydrogen-bond donors (Lipinski definition) is 2. The molecule has 2 N–H and O–H groups in total.